The van der Waals surface area contributed by atoms with E-state index in [0.29, 0.717) is 21.3 Å². The zero-order valence-corrected chi connectivity index (χ0v) is 10.0. The molecule has 0 unspecified atom stereocenters. The van der Waals surface area contributed by atoms with Gasteiger partial charge in [0.25, 0.3) is 0 Å². The van der Waals surface area contributed by atoms with Crippen LogP contribution in [-0.2, 0) is 0 Å². The maximum atomic E-state index is 9.78. The number of pyridine rings is 1. The molecule has 82 valence electrons. The summed E-state index contributed by atoms with van der Waals surface area (Å²) in [6.07, 6.45) is 1.68. The Balaban J connectivity index is 2.58. The van der Waals surface area contributed by atoms with Gasteiger partial charge in [-0.3, -0.25) is 4.98 Å². The zero-order valence-electron chi connectivity index (χ0n) is 8.54. The Morgan fingerprint density at radius 3 is 2.25 bits per heavy atom. The normalized spacial score (nSPS) is 10.4. The molecule has 2 rings (SSSR count). The van der Waals surface area contributed by atoms with Gasteiger partial charge in [0.1, 0.15) is 11.4 Å². The fraction of sp³-hybridized carbons (Fsp3) is 0.0833. The number of halogens is 2. The number of nitrogens with zero attached hydrogens (tertiary/aromatic N) is 1. The highest BCUT2D eigenvalue weighted by molar-refractivity contribution is 6.35. The molecule has 0 radical (unpaired) electrons. The van der Waals surface area contributed by atoms with Crippen LogP contribution >= 0.6 is 23.2 Å². The Labute approximate surface area is 103 Å². The highest BCUT2D eigenvalue weighted by Crippen LogP contribution is 2.31. The van der Waals surface area contributed by atoms with Gasteiger partial charge in [-0.05, 0) is 36.8 Å². The minimum atomic E-state index is 0.123. The van der Waals surface area contributed by atoms with Gasteiger partial charge in [0.15, 0.2) is 0 Å². The molecule has 0 atom stereocenters. The lowest BCUT2D eigenvalue weighted by Gasteiger charge is -2.05. The smallest absolute Gasteiger partial charge is 0.142 e. The number of rotatable bonds is 1. The van der Waals surface area contributed by atoms with E-state index in [1.165, 1.54) is 0 Å². The van der Waals surface area contributed by atoms with E-state index in [-0.39, 0.29) is 5.75 Å². The molecule has 0 aliphatic heterocycles. The highest BCUT2D eigenvalue weighted by atomic mass is 35.5. The van der Waals surface area contributed by atoms with Crippen LogP contribution in [0.2, 0.25) is 10.0 Å². The van der Waals surface area contributed by atoms with E-state index in [1.54, 1.807) is 30.5 Å². The summed E-state index contributed by atoms with van der Waals surface area (Å²) < 4.78 is 0. The third-order valence-corrected chi connectivity index (χ3v) is 2.58. The Kier molecular flexibility index (Phi) is 3.03. The number of hydrogen-bond acceptors (Lipinski definition) is 2. The molecule has 0 saturated heterocycles. The molecule has 16 heavy (non-hydrogen) atoms. The molecule has 0 aliphatic rings. The van der Waals surface area contributed by atoms with Crippen LogP contribution in [-0.4, -0.2) is 10.1 Å². The molecule has 1 aromatic carbocycles. The summed E-state index contributed by atoms with van der Waals surface area (Å²) in [5.41, 5.74) is 2.08. The fourth-order valence-corrected chi connectivity index (χ4v) is 1.99. The Hall–Kier alpha value is -1.25. The van der Waals surface area contributed by atoms with E-state index in [1.807, 2.05) is 6.92 Å². The second kappa shape index (κ2) is 4.32. The van der Waals surface area contributed by atoms with Gasteiger partial charge < -0.3 is 5.11 Å². The maximum Gasteiger partial charge on any atom is 0.142 e. The van der Waals surface area contributed by atoms with E-state index in [9.17, 15) is 5.11 Å². The molecule has 4 heteroatoms. The van der Waals surface area contributed by atoms with Crippen LogP contribution in [0.1, 0.15) is 5.56 Å². The topological polar surface area (TPSA) is 33.1 Å². The van der Waals surface area contributed by atoms with Crippen LogP contribution in [0.5, 0.6) is 5.75 Å². The number of benzene rings is 1. The minimum absolute atomic E-state index is 0.123. The lowest BCUT2D eigenvalue weighted by molar-refractivity contribution is 0.474. The van der Waals surface area contributed by atoms with Crippen molar-refractivity contribution in [1.82, 2.24) is 4.98 Å². The standard InChI is InChI=1S/C12H9Cl2NO/c1-7-2-11(16)12(15-6-7)8-3-9(13)5-10(14)4-8/h2-6,16H,1H3. The summed E-state index contributed by atoms with van der Waals surface area (Å²) in [5, 5.41) is 10.8. The van der Waals surface area contributed by atoms with Crippen LogP contribution in [0, 0.1) is 6.92 Å². The first kappa shape index (κ1) is 11.2. The van der Waals surface area contributed by atoms with Crippen LogP contribution in [0.25, 0.3) is 11.3 Å². The van der Waals surface area contributed by atoms with Gasteiger partial charge in [-0.1, -0.05) is 23.2 Å². The van der Waals surface area contributed by atoms with Crippen molar-refractivity contribution in [3.63, 3.8) is 0 Å². The van der Waals surface area contributed by atoms with E-state index in [4.69, 9.17) is 23.2 Å². The summed E-state index contributed by atoms with van der Waals surface area (Å²) in [5.74, 6) is 0.123. The van der Waals surface area contributed by atoms with Gasteiger partial charge in [-0.15, -0.1) is 0 Å². The third-order valence-electron chi connectivity index (χ3n) is 2.14. The van der Waals surface area contributed by atoms with Crippen molar-refractivity contribution in [3.05, 3.63) is 46.1 Å². The van der Waals surface area contributed by atoms with Gasteiger partial charge in [0.2, 0.25) is 0 Å². The third kappa shape index (κ3) is 2.29. The average molecular weight is 254 g/mol. The van der Waals surface area contributed by atoms with E-state index in [0.717, 1.165) is 5.56 Å². The molecule has 0 spiro atoms. The van der Waals surface area contributed by atoms with Crippen molar-refractivity contribution in [2.24, 2.45) is 0 Å². The zero-order chi connectivity index (χ0) is 11.7. The Bertz CT molecular complexity index is 520. The molecular weight excluding hydrogens is 245 g/mol. The Morgan fingerprint density at radius 1 is 1.06 bits per heavy atom. The predicted octanol–water partition coefficient (Wildman–Crippen LogP) is 4.07. The van der Waals surface area contributed by atoms with Crippen molar-refractivity contribution in [2.75, 3.05) is 0 Å². The Morgan fingerprint density at radius 2 is 1.69 bits per heavy atom. The van der Waals surface area contributed by atoms with Crippen molar-refractivity contribution >= 4 is 23.2 Å². The summed E-state index contributed by atoms with van der Waals surface area (Å²) >= 11 is 11.8. The van der Waals surface area contributed by atoms with Gasteiger partial charge in [-0.2, -0.15) is 0 Å². The van der Waals surface area contributed by atoms with Crippen LogP contribution in [0.15, 0.2) is 30.5 Å². The van der Waals surface area contributed by atoms with E-state index >= 15 is 0 Å². The first-order valence-electron chi connectivity index (χ1n) is 4.68. The fourth-order valence-electron chi connectivity index (χ4n) is 1.47. The molecule has 2 nitrogen and oxygen atoms in total. The SMILES string of the molecule is Cc1cnc(-c2cc(Cl)cc(Cl)c2)c(O)c1. The molecular formula is C12H9Cl2NO. The first-order chi connectivity index (χ1) is 7.56. The molecule has 2 aromatic rings. The minimum Gasteiger partial charge on any atom is -0.506 e. The largest absolute Gasteiger partial charge is 0.506 e. The van der Waals surface area contributed by atoms with Crippen molar-refractivity contribution in [1.29, 1.82) is 0 Å². The first-order valence-corrected chi connectivity index (χ1v) is 5.44. The molecule has 0 fully saturated rings. The monoisotopic (exact) mass is 253 g/mol. The maximum absolute atomic E-state index is 9.78. The average Bonchev–Trinajstić information content (AvgIpc) is 2.15. The number of aromatic hydroxyl groups is 1. The van der Waals surface area contributed by atoms with Crippen LogP contribution < -0.4 is 0 Å². The molecule has 0 bridgehead atoms. The van der Waals surface area contributed by atoms with Crippen molar-refractivity contribution in [3.8, 4) is 17.0 Å². The second-order valence-electron chi connectivity index (χ2n) is 3.54. The van der Waals surface area contributed by atoms with Crippen molar-refractivity contribution in [2.45, 2.75) is 6.92 Å². The van der Waals surface area contributed by atoms with Gasteiger partial charge >= 0.3 is 0 Å². The lowest BCUT2D eigenvalue weighted by atomic mass is 10.1. The number of hydrogen-bond donors (Lipinski definition) is 1. The quantitative estimate of drug-likeness (QED) is 0.832. The second-order valence-corrected chi connectivity index (χ2v) is 4.41. The van der Waals surface area contributed by atoms with Gasteiger partial charge in [-0.25, -0.2) is 0 Å². The lowest BCUT2D eigenvalue weighted by Crippen LogP contribution is -1.86. The summed E-state index contributed by atoms with van der Waals surface area (Å²) in [4.78, 5) is 4.16. The van der Waals surface area contributed by atoms with E-state index < -0.39 is 0 Å². The number of aryl methyl sites for hydroxylation is 1. The van der Waals surface area contributed by atoms with Gasteiger partial charge in [0.05, 0.1) is 0 Å². The van der Waals surface area contributed by atoms with Crippen LogP contribution in [0.4, 0.5) is 0 Å². The van der Waals surface area contributed by atoms with Gasteiger partial charge in [0, 0.05) is 21.8 Å². The van der Waals surface area contributed by atoms with Crippen LogP contribution in [0.3, 0.4) is 0 Å². The summed E-state index contributed by atoms with van der Waals surface area (Å²) in [7, 11) is 0. The van der Waals surface area contributed by atoms with Crippen molar-refractivity contribution < 1.29 is 5.11 Å². The highest BCUT2D eigenvalue weighted by Gasteiger charge is 2.07. The summed E-state index contributed by atoms with van der Waals surface area (Å²) in [6, 6.07) is 6.71. The molecule has 0 saturated carbocycles. The summed E-state index contributed by atoms with van der Waals surface area (Å²) in [6.45, 7) is 1.86. The van der Waals surface area contributed by atoms with E-state index in [2.05, 4.69) is 4.98 Å². The molecule has 1 N–H and O–H groups in total. The molecule has 0 aliphatic carbocycles. The number of aromatic nitrogens is 1. The molecule has 1 heterocycles. The predicted molar refractivity (Wildman–Crippen MR) is 66.1 cm³/mol. The molecule has 1 aromatic heterocycles. The molecule has 0 amide bonds.